The van der Waals surface area contributed by atoms with E-state index in [2.05, 4.69) is 506 Å². The first kappa shape index (κ1) is 82.0. The van der Waals surface area contributed by atoms with Gasteiger partial charge in [-0.25, -0.2) is 0 Å². The minimum Gasteiger partial charge on any atom is -0.310 e. The lowest BCUT2D eigenvalue weighted by atomic mass is 9.86. The van der Waals surface area contributed by atoms with Crippen molar-refractivity contribution in [2.75, 3.05) is 19.6 Å². The molecule has 0 aliphatic rings. The Bertz CT molecular complexity index is 6990. The van der Waals surface area contributed by atoms with Crippen LogP contribution < -0.4 is 19.6 Å². The Hall–Kier alpha value is -14.3. The number of anilines is 12. The summed E-state index contributed by atoms with van der Waals surface area (Å²) in [5, 5.41) is 22.7. The summed E-state index contributed by atoms with van der Waals surface area (Å²) in [4.78, 5) is 9.80. The zero-order valence-corrected chi connectivity index (χ0v) is 76.6. The Morgan fingerprint density at radius 1 is 0.156 bits per heavy atom. The monoisotopic (exact) mass is 1650 g/mol. The lowest BCUT2D eigenvalue weighted by Gasteiger charge is -2.31. The van der Waals surface area contributed by atoms with Gasteiger partial charge in [-0.2, -0.15) is 0 Å². The summed E-state index contributed by atoms with van der Waals surface area (Å²) in [5.74, 6) is 0. The first-order valence-corrected chi connectivity index (χ1v) is 45.4. The van der Waals surface area contributed by atoms with Gasteiger partial charge in [-0.15, -0.1) is 0 Å². The fourth-order valence-corrected chi connectivity index (χ4v) is 19.8. The first-order chi connectivity index (χ1) is 61.7. The Morgan fingerprint density at radius 3 is 0.625 bits per heavy atom. The van der Waals surface area contributed by atoms with Crippen LogP contribution in [0.5, 0.6) is 0 Å². The van der Waals surface area contributed by atoms with Crippen LogP contribution in [-0.2, 0) is 21.7 Å². The van der Waals surface area contributed by atoms with Crippen molar-refractivity contribution in [3.63, 3.8) is 0 Å². The van der Waals surface area contributed by atoms with E-state index >= 15 is 0 Å². The number of benzene rings is 19. The van der Waals surface area contributed by atoms with E-state index in [0.29, 0.717) is 0 Å². The molecular formula is C124H110N4. The Labute approximate surface area is 754 Å². The number of hydrogen-bond donors (Lipinski definition) is 0. The van der Waals surface area contributed by atoms with Crippen LogP contribution in [0.15, 0.2) is 376 Å². The van der Waals surface area contributed by atoms with Crippen molar-refractivity contribution in [1.29, 1.82) is 0 Å². The summed E-state index contributed by atoms with van der Waals surface area (Å²) < 4.78 is 0. The van der Waals surface area contributed by atoms with Gasteiger partial charge in [-0.1, -0.05) is 360 Å². The standard InChI is InChI=1S/C66H48N2.C58H62N2/c1-41-21-29-47(30-22-41)67(48-31-23-42(2)24-32-48)57-39-37-55-61-51(57)17-11-19-53(61)63-59(45-13-7-5-8-14-45)66-56-38-40-58(68(49-33-25-43(3)26-34-49)50-35-27-44(4)28-36-50)52-18-12-20-54(62(52)56)64(66)60(65(55)63)46-15-9-6-10-16-46;1-55(2,3)39-21-29-43(30-22-39)59(44-31-23-40(24-32-44)56(4,5)6)53-37-51-48-18-14-16-20-50(48)54(38-52(51)47-17-13-15-19-49(47)53)60(45-33-25-41(26-34-45)57(7,8)9)46-35-27-42(28-36-46)58(10,11)12/h5-40H,1-4H3;13-38H,1-12H3. The van der Waals surface area contributed by atoms with E-state index in [-0.39, 0.29) is 21.7 Å². The SMILES string of the molecule is CC(C)(C)c1ccc(N(c2ccc(C(C)(C)C)cc2)c2cc3c4ccccc4c(N(c4ccc(C(C)(C)C)cc4)c4ccc(C(C)(C)C)cc4)cc3c3ccccc23)cc1.Cc1ccc(N(c2ccc(C)cc2)c2ccc3c4c(-c5ccccc5)c5c6cccc7c(N(c8ccc(C)cc8)c8ccc(C)cc8)ccc(c5c(-c5ccccc5)c4c4cccc2c43)c76)cc1. The summed E-state index contributed by atoms with van der Waals surface area (Å²) in [6, 6.07) is 141. The van der Waals surface area contributed by atoms with Crippen molar-refractivity contribution < 1.29 is 0 Å². The summed E-state index contributed by atoms with van der Waals surface area (Å²) in [5.41, 5.74) is 29.2. The molecule has 626 valence electrons. The Kier molecular flexibility index (Phi) is 20.5. The van der Waals surface area contributed by atoms with Crippen molar-refractivity contribution in [3.05, 3.63) is 421 Å². The molecule has 0 unspecified atom stereocenters. The number of fused-ring (bicyclic) bond motifs is 11. The lowest BCUT2D eigenvalue weighted by molar-refractivity contribution is 0.590. The molecule has 0 bridgehead atoms. The van der Waals surface area contributed by atoms with Crippen molar-refractivity contribution in [1.82, 2.24) is 0 Å². The highest BCUT2D eigenvalue weighted by Crippen LogP contribution is 2.59. The smallest absolute Gasteiger partial charge is 0.0546 e. The molecule has 0 saturated heterocycles. The lowest BCUT2D eigenvalue weighted by Crippen LogP contribution is -2.15. The number of aryl methyl sites for hydroxylation is 4. The minimum absolute atomic E-state index is 0.0567. The van der Waals surface area contributed by atoms with Crippen molar-refractivity contribution in [2.45, 2.75) is 132 Å². The van der Waals surface area contributed by atoms with E-state index in [0.717, 1.165) is 68.2 Å². The van der Waals surface area contributed by atoms with Gasteiger partial charge in [0.25, 0.3) is 0 Å². The predicted octanol–water partition coefficient (Wildman–Crippen LogP) is 36.3. The quantitative estimate of drug-likeness (QED) is 0.101. The Morgan fingerprint density at radius 2 is 0.367 bits per heavy atom. The molecule has 0 radical (unpaired) electrons. The second kappa shape index (κ2) is 32.0. The second-order valence-electron chi connectivity index (χ2n) is 39.6. The Balaban J connectivity index is 0.000000162. The molecule has 4 nitrogen and oxygen atoms in total. The molecule has 0 heterocycles. The largest absolute Gasteiger partial charge is 0.310 e. The zero-order chi connectivity index (χ0) is 88.4. The van der Waals surface area contributed by atoms with Crippen molar-refractivity contribution >= 4 is 165 Å². The summed E-state index contributed by atoms with van der Waals surface area (Å²) in [7, 11) is 0. The van der Waals surface area contributed by atoms with Gasteiger partial charge >= 0.3 is 0 Å². The maximum absolute atomic E-state index is 2.46. The molecule has 0 N–H and O–H groups in total. The van der Waals surface area contributed by atoms with Crippen LogP contribution in [0.25, 0.3) is 119 Å². The normalized spacial score (nSPS) is 12.2. The van der Waals surface area contributed by atoms with E-state index in [1.807, 2.05) is 0 Å². The third-order valence-corrected chi connectivity index (χ3v) is 26.7. The number of nitrogens with zero attached hydrogens (tertiary/aromatic N) is 4. The molecule has 21 aromatic carbocycles. The molecule has 0 amide bonds. The maximum atomic E-state index is 2.46. The fraction of sp³-hybridized carbons (Fsp3) is 0.161. The van der Waals surface area contributed by atoms with Crippen LogP contribution in [0, 0.1) is 27.7 Å². The van der Waals surface area contributed by atoms with Crippen LogP contribution in [-0.4, -0.2) is 0 Å². The van der Waals surface area contributed by atoms with E-state index in [4.69, 9.17) is 0 Å². The van der Waals surface area contributed by atoms with Crippen molar-refractivity contribution in [2.24, 2.45) is 0 Å². The minimum atomic E-state index is 0.0567. The molecule has 128 heavy (non-hydrogen) atoms. The average molecular weight is 1660 g/mol. The van der Waals surface area contributed by atoms with Crippen LogP contribution in [0.1, 0.15) is 128 Å². The highest BCUT2D eigenvalue weighted by molar-refractivity contribution is 6.47. The van der Waals surface area contributed by atoms with E-state index < -0.39 is 0 Å². The van der Waals surface area contributed by atoms with Crippen LogP contribution >= 0.6 is 0 Å². The third-order valence-electron chi connectivity index (χ3n) is 26.7. The van der Waals surface area contributed by atoms with Gasteiger partial charge in [0, 0.05) is 67.0 Å². The van der Waals surface area contributed by atoms with Gasteiger partial charge < -0.3 is 19.6 Å². The molecule has 0 aliphatic carbocycles. The van der Waals surface area contributed by atoms with E-state index in [9.17, 15) is 0 Å². The van der Waals surface area contributed by atoms with Crippen LogP contribution in [0.4, 0.5) is 68.2 Å². The van der Waals surface area contributed by atoms with Gasteiger partial charge in [0.1, 0.15) is 0 Å². The molecule has 0 saturated carbocycles. The molecule has 0 aliphatic heterocycles. The molecule has 0 atom stereocenters. The molecule has 21 rings (SSSR count). The molecule has 0 fully saturated rings. The number of hydrogen-bond acceptors (Lipinski definition) is 4. The van der Waals surface area contributed by atoms with Gasteiger partial charge in [0.15, 0.2) is 0 Å². The molecule has 0 aromatic heterocycles. The molecule has 4 heteroatoms. The average Bonchev–Trinajstić information content (AvgIpc) is 1.51. The molecular weight excluding hydrogens is 1550 g/mol. The fourth-order valence-electron chi connectivity index (χ4n) is 19.8. The topological polar surface area (TPSA) is 13.0 Å². The maximum Gasteiger partial charge on any atom is 0.0546 e. The third kappa shape index (κ3) is 14.6. The number of rotatable bonds is 14. The van der Waals surface area contributed by atoms with Gasteiger partial charge in [-0.05, 0) is 291 Å². The van der Waals surface area contributed by atoms with Gasteiger partial charge in [0.2, 0.25) is 0 Å². The summed E-state index contributed by atoms with van der Waals surface area (Å²) >= 11 is 0. The predicted molar refractivity (Wildman–Crippen MR) is 556 cm³/mol. The van der Waals surface area contributed by atoms with Crippen LogP contribution in [0.3, 0.4) is 0 Å². The second-order valence-corrected chi connectivity index (χ2v) is 39.6. The first-order valence-electron chi connectivity index (χ1n) is 45.4. The van der Waals surface area contributed by atoms with Gasteiger partial charge in [-0.3, -0.25) is 0 Å². The highest BCUT2D eigenvalue weighted by Gasteiger charge is 2.32. The van der Waals surface area contributed by atoms with Crippen LogP contribution in [0.2, 0.25) is 0 Å². The summed E-state index contributed by atoms with van der Waals surface area (Å²) in [6.07, 6.45) is 0. The zero-order valence-electron chi connectivity index (χ0n) is 76.6. The molecule has 0 spiro atoms. The van der Waals surface area contributed by atoms with E-state index in [1.54, 1.807) is 0 Å². The highest BCUT2D eigenvalue weighted by atomic mass is 15.2. The molecule has 21 aromatic rings. The van der Waals surface area contributed by atoms with Gasteiger partial charge in [0.05, 0.1) is 22.7 Å². The van der Waals surface area contributed by atoms with Crippen molar-refractivity contribution in [3.8, 4) is 22.3 Å². The van der Waals surface area contributed by atoms with E-state index in [1.165, 1.54) is 164 Å². The summed E-state index contributed by atoms with van der Waals surface area (Å²) in [6.45, 7) is 36.0.